The normalized spacial score (nSPS) is 10.6. The van der Waals surface area contributed by atoms with Crippen LogP contribution in [-0.2, 0) is 0 Å². The van der Waals surface area contributed by atoms with Crippen molar-refractivity contribution in [3.63, 3.8) is 0 Å². The number of hydrogen-bond acceptors (Lipinski definition) is 5. The molecule has 0 radical (unpaired) electrons. The van der Waals surface area contributed by atoms with E-state index in [-0.39, 0.29) is 5.12 Å². The van der Waals surface area contributed by atoms with Gasteiger partial charge in [-0.2, -0.15) is 0 Å². The van der Waals surface area contributed by atoms with E-state index in [0.717, 1.165) is 35.2 Å². The molecule has 0 N–H and O–H groups in total. The molecule has 0 saturated carbocycles. The molecule has 0 amide bonds. The maximum Gasteiger partial charge on any atom is 0.343 e. The van der Waals surface area contributed by atoms with Crippen molar-refractivity contribution in [3.8, 4) is 11.5 Å². The highest BCUT2D eigenvalue weighted by Crippen LogP contribution is 2.25. The van der Waals surface area contributed by atoms with Crippen LogP contribution in [0.4, 0.5) is 0 Å². The number of rotatable bonds is 10. The van der Waals surface area contributed by atoms with Crippen molar-refractivity contribution in [2.24, 2.45) is 0 Å². The Bertz CT molecular complexity index is 1020. The molecule has 0 heterocycles. The third-order valence-corrected chi connectivity index (χ3v) is 5.86. The van der Waals surface area contributed by atoms with Crippen LogP contribution in [-0.4, -0.2) is 17.7 Å². The average molecular weight is 469 g/mol. The monoisotopic (exact) mass is 468 g/mol. The number of esters is 1. The second-order valence-corrected chi connectivity index (χ2v) is 8.67. The topological polar surface area (TPSA) is 52.6 Å². The van der Waals surface area contributed by atoms with Crippen LogP contribution in [0.2, 0.25) is 5.02 Å². The fraction of sp³-hybridized carbons (Fsp3) is 0.231. The molecule has 0 aromatic heterocycles. The highest BCUT2D eigenvalue weighted by molar-refractivity contribution is 8.14. The molecular formula is C26H25ClO4S. The highest BCUT2D eigenvalue weighted by Gasteiger charge is 2.12. The first-order valence-corrected chi connectivity index (χ1v) is 11.8. The van der Waals surface area contributed by atoms with Gasteiger partial charge in [-0.3, -0.25) is 4.79 Å². The molecule has 3 rings (SSSR count). The number of hydrogen-bond donors (Lipinski definition) is 0. The molecular weight excluding hydrogens is 444 g/mol. The largest absolute Gasteiger partial charge is 0.494 e. The first kappa shape index (κ1) is 23.9. The van der Waals surface area contributed by atoms with Crippen LogP contribution in [0.1, 0.15) is 53.3 Å². The van der Waals surface area contributed by atoms with Gasteiger partial charge in [-0.1, -0.05) is 37.8 Å². The lowest BCUT2D eigenvalue weighted by atomic mass is 10.2. The molecule has 0 aliphatic rings. The smallest absolute Gasteiger partial charge is 0.343 e. The minimum absolute atomic E-state index is 0.101. The van der Waals surface area contributed by atoms with Gasteiger partial charge < -0.3 is 9.47 Å². The summed E-state index contributed by atoms with van der Waals surface area (Å²) in [7, 11) is 0. The van der Waals surface area contributed by atoms with E-state index >= 15 is 0 Å². The van der Waals surface area contributed by atoms with Crippen LogP contribution < -0.4 is 9.47 Å². The molecule has 3 aromatic carbocycles. The predicted molar refractivity (Wildman–Crippen MR) is 129 cm³/mol. The lowest BCUT2D eigenvalue weighted by Gasteiger charge is -2.08. The number of halogens is 1. The van der Waals surface area contributed by atoms with Crippen molar-refractivity contribution in [1.29, 1.82) is 0 Å². The zero-order valence-corrected chi connectivity index (χ0v) is 19.5. The molecule has 32 heavy (non-hydrogen) atoms. The number of unbranched alkanes of at least 4 members (excludes halogenated alkanes) is 3. The van der Waals surface area contributed by atoms with Gasteiger partial charge in [0, 0.05) is 15.5 Å². The molecule has 6 heteroatoms. The summed E-state index contributed by atoms with van der Waals surface area (Å²) in [4.78, 5) is 25.6. The summed E-state index contributed by atoms with van der Waals surface area (Å²) < 4.78 is 11.1. The average Bonchev–Trinajstić information content (AvgIpc) is 2.81. The zero-order chi connectivity index (χ0) is 22.8. The van der Waals surface area contributed by atoms with Crippen LogP contribution >= 0.6 is 23.4 Å². The van der Waals surface area contributed by atoms with Crippen molar-refractivity contribution in [3.05, 3.63) is 88.9 Å². The van der Waals surface area contributed by atoms with E-state index in [1.807, 2.05) is 0 Å². The van der Waals surface area contributed by atoms with Gasteiger partial charge in [-0.15, -0.1) is 0 Å². The number of thioether (sulfide) groups is 1. The summed E-state index contributed by atoms with van der Waals surface area (Å²) in [6, 6.07) is 20.5. The Morgan fingerprint density at radius 1 is 0.781 bits per heavy atom. The van der Waals surface area contributed by atoms with E-state index in [4.69, 9.17) is 21.1 Å². The van der Waals surface area contributed by atoms with Crippen LogP contribution in [0.15, 0.2) is 77.7 Å². The van der Waals surface area contributed by atoms with E-state index in [9.17, 15) is 9.59 Å². The second-order valence-electron chi connectivity index (χ2n) is 7.19. The van der Waals surface area contributed by atoms with Crippen molar-refractivity contribution in [2.45, 2.75) is 37.5 Å². The van der Waals surface area contributed by atoms with Gasteiger partial charge in [0.15, 0.2) is 0 Å². The third kappa shape index (κ3) is 7.43. The Labute approximate surface area is 197 Å². The summed E-state index contributed by atoms with van der Waals surface area (Å²) >= 11 is 6.98. The Kier molecular flexibility index (Phi) is 9.20. The second kappa shape index (κ2) is 12.3. The molecule has 0 aliphatic carbocycles. The Morgan fingerprint density at radius 2 is 1.41 bits per heavy atom. The minimum Gasteiger partial charge on any atom is -0.494 e. The van der Waals surface area contributed by atoms with Gasteiger partial charge in [-0.05, 0) is 91.0 Å². The predicted octanol–water partition coefficient (Wildman–Crippen LogP) is 7.45. The Morgan fingerprint density at radius 3 is 2.06 bits per heavy atom. The van der Waals surface area contributed by atoms with Crippen molar-refractivity contribution in [1.82, 2.24) is 0 Å². The van der Waals surface area contributed by atoms with Gasteiger partial charge in [0.2, 0.25) is 5.12 Å². The molecule has 4 nitrogen and oxygen atoms in total. The molecule has 0 fully saturated rings. The number of carbonyl (C=O) groups is 2. The van der Waals surface area contributed by atoms with Gasteiger partial charge in [0.1, 0.15) is 11.5 Å². The highest BCUT2D eigenvalue weighted by atomic mass is 35.5. The molecule has 0 aliphatic heterocycles. The van der Waals surface area contributed by atoms with E-state index in [0.29, 0.717) is 28.5 Å². The summed E-state index contributed by atoms with van der Waals surface area (Å²) in [6.45, 7) is 2.85. The van der Waals surface area contributed by atoms with E-state index in [1.54, 1.807) is 72.8 Å². The molecule has 0 bridgehead atoms. The van der Waals surface area contributed by atoms with Crippen LogP contribution in [0.25, 0.3) is 0 Å². The fourth-order valence-corrected chi connectivity index (χ4v) is 3.77. The van der Waals surface area contributed by atoms with E-state index in [2.05, 4.69) is 6.92 Å². The summed E-state index contributed by atoms with van der Waals surface area (Å²) in [5, 5.41) is 0.521. The van der Waals surface area contributed by atoms with Crippen molar-refractivity contribution < 1.29 is 19.1 Å². The molecule has 0 atom stereocenters. The first-order valence-electron chi connectivity index (χ1n) is 10.6. The molecule has 166 valence electrons. The minimum atomic E-state index is -0.464. The SMILES string of the molecule is CCCCCCOc1ccc(C(=O)Oc2ccc(C(=O)Sc3ccc(Cl)cc3)cc2)cc1. The summed E-state index contributed by atoms with van der Waals surface area (Å²) in [5.41, 5.74) is 0.951. The van der Waals surface area contributed by atoms with Crippen LogP contribution in [0.3, 0.4) is 0 Å². The lowest BCUT2D eigenvalue weighted by molar-refractivity contribution is 0.0734. The van der Waals surface area contributed by atoms with E-state index in [1.165, 1.54) is 12.8 Å². The molecule has 0 saturated heterocycles. The lowest BCUT2D eigenvalue weighted by Crippen LogP contribution is -2.08. The van der Waals surface area contributed by atoms with Gasteiger partial charge in [0.05, 0.1) is 12.2 Å². The third-order valence-electron chi connectivity index (χ3n) is 4.68. The standard InChI is InChI=1S/C26H25ClO4S/c1-2-3-4-5-18-30-22-12-6-19(7-13-22)25(28)31-23-14-8-20(9-15-23)26(29)32-24-16-10-21(27)11-17-24/h6-17H,2-5,18H2,1H3. The summed E-state index contributed by atoms with van der Waals surface area (Å²) in [5.74, 6) is 0.646. The van der Waals surface area contributed by atoms with Crippen LogP contribution in [0.5, 0.6) is 11.5 Å². The van der Waals surface area contributed by atoms with Crippen LogP contribution in [0, 0.1) is 0 Å². The van der Waals surface area contributed by atoms with Gasteiger partial charge in [-0.25, -0.2) is 4.79 Å². The molecule has 3 aromatic rings. The maximum absolute atomic E-state index is 12.4. The quantitative estimate of drug-likeness (QED) is 0.134. The number of carbonyl (C=O) groups excluding carboxylic acids is 2. The number of ether oxygens (including phenoxy) is 2. The van der Waals surface area contributed by atoms with Gasteiger partial charge >= 0.3 is 5.97 Å². The fourth-order valence-electron chi connectivity index (χ4n) is 2.90. The molecule has 0 spiro atoms. The summed E-state index contributed by atoms with van der Waals surface area (Å²) in [6.07, 6.45) is 4.59. The first-order chi connectivity index (χ1) is 15.5. The molecule has 0 unspecified atom stereocenters. The maximum atomic E-state index is 12.4. The Hall–Kier alpha value is -2.76. The van der Waals surface area contributed by atoms with Crippen molar-refractivity contribution in [2.75, 3.05) is 6.61 Å². The number of benzene rings is 3. The zero-order valence-electron chi connectivity index (χ0n) is 17.9. The Balaban J connectivity index is 1.50. The van der Waals surface area contributed by atoms with E-state index < -0.39 is 5.97 Å². The van der Waals surface area contributed by atoms with Crippen molar-refractivity contribution >= 4 is 34.4 Å². The van der Waals surface area contributed by atoms with Gasteiger partial charge in [0.25, 0.3) is 0 Å².